The molecule has 4 heterocycles. The molecule has 0 aromatic carbocycles. The Morgan fingerprint density at radius 3 is 2.88 bits per heavy atom. The molecule has 1 amide bonds. The van der Waals surface area contributed by atoms with Crippen molar-refractivity contribution in [3.05, 3.63) is 60.3 Å². The lowest BCUT2D eigenvalue weighted by molar-refractivity contribution is 0.0758. The molecule has 0 saturated carbocycles. The van der Waals surface area contributed by atoms with Crippen LogP contribution < -0.4 is 5.32 Å². The van der Waals surface area contributed by atoms with Crippen LogP contribution in [0.2, 0.25) is 0 Å². The highest BCUT2D eigenvalue weighted by Gasteiger charge is 2.38. The van der Waals surface area contributed by atoms with E-state index in [2.05, 4.69) is 20.3 Å². The molecule has 1 fully saturated rings. The molecule has 1 aliphatic rings. The number of carbonyl (C=O) groups is 1. The molecule has 4 rings (SSSR count). The van der Waals surface area contributed by atoms with Gasteiger partial charge in [-0.1, -0.05) is 0 Å². The van der Waals surface area contributed by atoms with Crippen LogP contribution in [-0.2, 0) is 7.05 Å². The first kappa shape index (κ1) is 16.3. The third-order valence-corrected chi connectivity index (χ3v) is 4.55. The number of aromatic nitrogens is 4. The van der Waals surface area contributed by atoms with E-state index in [1.54, 1.807) is 29.6 Å². The summed E-state index contributed by atoms with van der Waals surface area (Å²) in [7, 11) is 1.93. The minimum atomic E-state index is -0.120. The van der Waals surface area contributed by atoms with Crippen molar-refractivity contribution in [2.75, 3.05) is 18.4 Å². The van der Waals surface area contributed by atoms with E-state index in [0.717, 1.165) is 11.4 Å². The molecule has 1 saturated heterocycles. The Hall–Kier alpha value is -3.16. The number of likely N-dealkylation sites (tertiary alicyclic amines) is 1. The Morgan fingerprint density at radius 1 is 1.31 bits per heavy atom. The van der Waals surface area contributed by atoms with E-state index in [-0.39, 0.29) is 17.9 Å². The zero-order valence-electron chi connectivity index (χ0n) is 14.7. The molecule has 134 valence electrons. The summed E-state index contributed by atoms with van der Waals surface area (Å²) in [5.41, 5.74) is 1.82. The molecule has 0 unspecified atom stereocenters. The lowest BCUT2D eigenvalue weighted by Gasteiger charge is -2.18. The molecule has 0 aliphatic carbocycles. The van der Waals surface area contributed by atoms with Crippen LogP contribution in [0.4, 0.5) is 5.95 Å². The molecule has 3 aromatic rings. The van der Waals surface area contributed by atoms with Crippen LogP contribution in [0.25, 0.3) is 0 Å². The normalized spacial score (nSPS) is 19.7. The van der Waals surface area contributed by atoms with E-state index >= 15 is 0 Å². The van der Waals surface area contributed by atoms with E-state index in [1.807, 2.05) is 30.8 Å². The van der Waals surface area contributed by atoms with Gasteiger partial charge in [0.25, 0.3) is 5.91 Å². The second-order valence-corrected chi connectivity index (χ2v) is 6.53. The predicted octanol–water partition coefficient (Wildman–Crippen LogP) is 1.83. The summed E-state index contributed by atoms with van der Waals surface area (Å²) >= 11 is 0. The summed E-state index contributed by atoms with van der Waals surface area (Å²) in [5.74, 6) is 0.824. The minimum Gasteiger partial charge on any atom is -0.459 e. The molecule has 0 bridgehead atoms. The fourth-order valence-corrected chi connectivity index (χ4v) is 3.28. The van der Waals surface area contributed by atoms with Crippen LogP contribution in [0.15, 0.2) is 47.6 Å². The summed E-state index contributed by atoms with van der Waals surface area (Å²) in [6, 6.07) is 5.21. The van der Waals surface area contributed by atoms with Crippen LogP contribution in [0.5, 0.6) is 0 Å². The van der Waals surface area contributed by atoms with Crippen molar-refractivity contribution in [3.63, 3.8) is 0 Å². The topological polar surface area (TPSA) is 89.1 Å². The molecule has 0 spiro atoms. The van der Waals surface area contributed by atoms with Crippen LogP contribution in [-0.4, -0.2) is 49.5 Å². The molecule has 26 heavy (non-hydrogen) atoms. The van der Waals surface area contributed by atoms with Gasteiger partial charge in [0.05, 0.1) is 24.3 Å². The van der Waals surface area contributed by atoms with Gasteiger partial charge >= 0.3 is 0 Å². The van der Waals surface area contributed by atoms with Gasteiger partial charge in [-0.3, -0.25) is 4.79 Å². The maximum atomic E-state index is 12.7. The molecule has 8 heteroatoms. The quantitative estimate of drug-likeness (QED) is 0.771. The average molecular weight is 352 g/mol. The fraction of sp³-hybridized carbons (Fsp3) is 0.333. The molecule has 0 radical (unpaired) electrons. The summed E-state index contributed by atoms with van der Waals surface area (Å²) < 4.78 is 7.18. The number of carbonyl (C=O) groups excluding carboxylic acids is 1. The van der Waals surface area contributed by atoms with Crippen molar-refractivity contribution in [3.8, 4) is 0 Å². The van der Waals surface area contributed by atoms with Gasteiger partial charge in [-0.25, -0.2) is 15.0 Å². The van der Waals surface area contributed by atoms with Crippen LogP contribution in [0, 0.1) is 6.92 Å². The zero-order valence-corrected chi connectivity index (χ0v) is 14.7. The van der Waals surface area contributed by atoms with Gasteiger partial charge in [-0.2, -0.15) is 0 Å². The van der Waals surface area contributed by atoms with Crippen molar-refractivity contribution in [2.45, 2.75) is 18.9 Å². The largest absolute Gasteiger partial charge is 0.459 e. The molecule has 8 nitrogen and oxygen atoms in total. The van der Waals surface area contributed by atoms with E-state index in [1.165, 1.54) is 6.26 Å². The highest BCUT2D eigenvalue weighted by atomic mass is 16.3. The number of imidazole rings is 1. The van der Waals surface area contributed by atoms with Gasteiger partial charge in [0.2, 0.25) is 5.95 Å². The number of nitrogens with zero attached hydrogens (tertiary/aromatic N) is 5. The minimum absolute atomic E-state index is 0.0365. The van der Waals surface area contributed by atoms with Gasteiger partial charge in [-0.15, -0.1) is 0 Å². The standard InChI is InChI=1S/C18H20N6O2/c1-12-5-6-19-18(21-12)22-15-10-24(17(25)16-4-3-7-26-16)8-13(15)14-9-23(2)11-20-14/h3-7,9,11,13,15H,8,10H2,1-2H3,(H,19,21,22)/t13-,15+/m0/s1. The first-order valence-corrected chi connectivity index (χ1v) is 8.47. The molecule has 2 atom stereocenters. The first-order chi connectivity index (χ1) is 12.6. The van der Waals surface area contributed by atoms with Crippen molar-refractivity contribution in [2.24, 2.45) is 7.05 Å². The Kier molecular flexibility index (Phi) is 4.16. The maximum absolute atomic E-state index is 12.7. The van der Waals surface area contributed by atoms with Gasteiger partial charge in [0, 0.05) is 44.1 Å². The van der Waals surface area contributed by atoms with E-state index in [9.17, 15) is 4.79 Å². The number of hydrogen-bond acceptors (Lipinski definition) is 6. The molecule has 1 aliphatic heterocycles. The average Bonchev–Trinajstić information content (AvgIpc) is 3.34. The van der Waals surface area contributed by atoms with Crippen molar-refractivity contribution >= 4 is 11.9 Å². The van der Waals surface area contributed by atoms with Gasteiger partial charge in [0.1, 0.15) is 0 Å². The van der Waals surface area contributed by atoms with Crippen molar-refractivity contribution < 1.29 is 9.21 Å². The Morgan fingerprint density at radius 2 is 2.19 bits per heavy atom. The number of rotatable bonds is 4. The highest BCUT2D eigenvalue weighted by Crippen LogP contribution is 2.29. The lowest BCUT2D eigenvalue weighted by Crippen LogP contribution is -2.32. The Labute approximate surface area is 150 Å². The van der Waals surface area contributed by atoms with E-state index < -0.39 is 0 Å². The number of anilines is 1. The van der Waals surface area contributed by atoms with Gasteiger partial charge in [-0.05, 0) is 25.1 Å². The van der Waals surface area contributed by atoms with Crippen LogP contribution in [0.1, 0.15) is 27.9 Å². The summed E-state index contributed by atoms with van der Waals surface area (Å²) in [4.78, 5) is 27.7. The first-order valence-electron chi connectivity index (χ1n) is 8.47. The third kappa shape index (κ3) is 3.17. The SMILES string of the molecule is Cc1ccnc(N[C@@H]2CN(C(=O)c3ccco3)C[C@H]2c2cn(C)cn2)n1. The third-order valence-electron chi connectivity index (χ3n) is 4.55. The molecular weight excluding hydrogens is 332 g/mol. The van der Waals surface area contributed by atoms with E-state index in [0.29, 0.717) is 24.8 Å². The van der Waals surface area contributed by atoms with Gasteiger partial charge < -0.3 is 19.2 Å². The van der Waals surface area contributed by atoms with Crippen molar-refractivity contribution in [1.29, 1.82) is 0 Å². The molecule has 1 N–H and O–H groups in total. The number of nitrogens with one attached hydrogen (secondary N) is 1. The molecule has 3 aromatic heterocycles. The van der Waals surface area contributed by atoms with Crippen molar-refractivity contribution in [1.82, 2.24) is 24.4 Å². The van der Waals surface area contributed by atoms with E-state index in [4.69, 9.17) is 4.42 Å². The summed E-state index contributed by atoms with van der Waals surface area (Å²) in [5, 5.41) is 3.37. The van der Waals surface area contributed by atoms with Gasteiger partial charge in [0.15, 0.2) is 5.76 Å². The zero-order chi connectivity index (χ0) is 18.1. The summed E-state index contributed by atoms with van der Waals surface area (Å²) in [6.45, 7) is 3.00. The maximum Gasteiger partial charge on any atom is 0.289 e. The number of furan rings is 1. The van der Waals surface area contributed by atoms with Crippen LogP contribution >= 0.6 is 0 Å². The monoisotopic (exact) mass is 352 g/mol. The number of aryl methyl sites for hydroxylation is 2. The second kappa shape index (κ2) is 6.62. The predicted molar refractivity (Wildman–Crippen MR) is 94.7 cm³/mol. The smallest absolute Gasteiger partial charge is 0.289 e. The number of amides is 1. The lowest BCUT2D eigenvalue weighted by atomic mass is 10.0. The Bertz CT molecular complexity index is 904. The van der Waals surface area contributed by atoms with Crippen LogP contribution in [0.3, 0.4) is 0 Å². The Balaban J connectivity index is 1.59. The second-order valence-electron chi connectivity index (χ2n) is 6.53. The highest BCUT2D eigenvalue weighted by molar-refractivity contribution is 5.91. The molecular formula is C18H20N6O2. The number of hydrogen-bond donors (Lipinski definition) is 1. The summed E-state index contributed by atoms with van der Waals surface area (Å²) in [6.07, 6.45) is 6.99. The fourth-order valence-electron chi connectivity index (χ4n) is 3.28.